The van der Waals surface area contributed by atoms with Gasteiger partial charge in [-0.2, -0.15) is 0 Å². The third kappa shape index (κ3) is 52.5. The molecule has 0 aromatic rings. The minimum atomic E-state index is -0.870. The number of carbonyl (C=O) groups excluding carboxylic acids is 4. The molecule has 40 heavy (non-hydrogen) atoms. The van der Waals surface area contributed by atoms with Crippen molar-refractivity contribution in [2.24, 2.45) is 0 Å². The Balaban J connectivity index is -0.000000243. The van der Waals surface area contributed by atoms with Crippen molar-refractivity contribution in [1.82, 2.24) is 10.6 Å². The van der Waals surface area contributed by atoms with Crippen LogP contribution in [-0.4, -0.2) is 91.7 Å². The number of amides is 2. The molecule has 0 aliphatic heterocycles. The number of alkyl carbamates (subject to hydrolysis) is 2. The standard InChI is InChI=1S/C10H18ClNO5.C8H17NO3.C4H10O.C2H2Cl2O2/c1-10(2,3)17-8(13)12-5-4-6-15-9(14)16-7-11;1-8(2,3)12-7(11)9-5-4-6-10;1-3-5-4-2;3-1-6-2(4)5/h4-7H2,1-3H3,(H,12,13);10H,4-6H2,1-3H3,(H,9,11);3-4H2,1-2H3;1H2. The number of nitrogens with one attached hydrogen (secondary N) is 2. The van der Waals surface area contributed by atoms with Gasteiger partial charge >= 0.3 is 23.8 Å². The molecule has 0 aromatic heterocycles. The fraction of sp³-hybridized carbons (Fsp3) is 0.833. The number of carbonyl (C=O) groups is 4. The molecule has 0 radical (unpaired) electrons. The summed E-state index contributed by atoms with van der Waals surface area (Å²) < 4.78 is 27.7. The molecule has 13 nitrogen and oxygen atoms in total. The van der Waals surface area contributed by atoms with Crippen LogP contribution in [0, 0.1) is 0 Å². The number of aliphatic hydroxyl groups is 1. The Labute approximate surface area is 252 Å². The number of rotatable bonds is 11. The van der Waals surface area contributed by atoms with Crippen LogP contribution in [0.5, 0.6) is 0 Å². The molecule has 0 bridgehead atoms. The van der Waals surface area contributed by atoms with Gasteiger partial charge in [-0.15, -0.1) is 0 Å². The van der Waals surface area contributed by atoms with Gasteiger partial charge in [-0.05, 0) is 68.2 Å². The number of hydrogen-bond donors (Lipinski definition) is 3. The van der Waals surface area contributed by atoms with Gasteiger partial charge in [0.05, 0.1) is 6.61 Å². The highest BCUT2D eigenvalue weighted by Crippen LogP contribution is 2.06. The largest absolute Gasteiger partial charge is 0.509 e. The molecular formula is C24H47Cl3N2O11. The maximum Gasteiger partial charge on any atom is 0.509 e. The third-order valence-corrected chi connectivity index (χ3v) is 3.29. The molecular weight excluding hydrogens is 599 g/mol. The van der Waals surface area contributed by atoms with Crippen molar-refractivity contribution in [3.8, 4) is 0 Å². The average molecular weight is 646 g/mol. The van der Waals surface area contributed by atoms with Crippen LogP contribution in [0.25, 0.3) is 0 Å². The lowest BCUT2D eigenvalue weighted by molar-refractivity contribution is 0.0505. The maximum atomic E-state index is 11.2. The molecule has 0 spiro atoms. The molecule has 0 unspecified atom stereocenters. The van der Waals surface area contributed by atoms with E-state index in [-0.39, 0.29) is 25.3 Å². The van der Waals surface area contributed by atoms with E-state index in [1.54, 1.807) is 41.5 Å². The number of hydrogen-bond acceptors (Lipinski definition) is 11. The number of alkyl halides is 2. The van der Waals surface area contributed by atoms with Gasteiger partial charge in [-0.3, -0.25) is 0 Å². The molecule has 0 rings (SSSR count). The zero-order valence-corrected chi connectivity index (χ0v) is 27.0. The van der Waals surface area contributed by atoms with Crippen LogP contribution < -0.4 is 10.6 Å². The van der Waals surface area contributed by atoms with E-state index in [9.17, 15) is 19.2 Å². The molecule has 0 aliphatic carbocycles. The molecule has 0 aromatic carbocycles. The van der Waals surface area contributed by atoms with Crippen molar-refractivity contribution >= 4 is 58.6 Å². The minimum absolute atomic E-state index is 0.0792. The lowest BCUT2D eigenvalue weighted by atomic mass is 10.2. The third-order valence-electron chi connectivity index (χ3n) is 2.96. The van der Waals surface area contributed by atoms with Crippen molar-refractivity contribution in [2.75, 3.05) is 51.6 Å². The first kappa shape index (κ1) is 45.1. The summed E-state index contributed by atoms with van der Waals surface area (Å²) in [6, 6.07) is -0.419. The summed E-state index contributed by atoms with van der Waals surface area (Å²) in [5.41, 5.74) is -1.85. The van der Waals surface area contributed by atoms with Crippen molar-refractivity contribution in [1.29, 1.82) is 0 Å². The normalized spacial score (nSPS) is 10.0. The first-order chi connectivity index (χ1) is 18.5. The highest BCUT2D eigenvalue weighted by molar-refractivity contribution is 6.61. The van der Waals surface area contributed by atoms with Crippen LogP contribution in [0.4, 0.5) is 19.2 Å². The summed E-state index contributed by atoms with van der Waals surface area (Å²) in [7, 11) is 0. The van der Waals surface area contributed by atoms with E-state index in [4.69, 9.17) is 42.5 Å². The van der Waals surface area contributed by atoms with E-state index < -0.39 is 35.0 Å². The molecule has 0 saturated heterocycles. The second-order valence-corrected chi connectivity index (χ2v) is 9.66. The van der Waals surface area contributed by atoms with Crippen LogP contribution in [-0.2, 0) is 28.4 Å². The highest BCUT2D eigenvalue weighted by atomic mass is 35.5. The van der Waals surface area contributed by atoms with Crippen molar-refractivity contribution < 1.29 is 52.7 Å². The lowest BCUT2D eigenvalue weighted by Gasteiger charge is -2.19. The molecule has 0 fully saturated rings. The van der Waals surface area contributed by atoms with E-state index in [0.717, 1.165) is 13.2 Å². The van der Waals surface area contributed by atoms with Crippen molar-refractivity contribution in [3.63, 3.8) is 0 Å². The summed E-state index contributed by atoms with van der Waals surface area (Å²) in [5, 5.41) is 13.5. The molecule has 240 valence electrons. The summed E-state index contributed by atoms with van der Waals surface area (Å²) in [6.07, 6.45) is -0.732. The van der Waals surface area contributed by atoms with Crippen LogP contribution in [0.3, 0.4) is 0 Å². The van der Waals surface area contributed by atoms with Crippen LogP contribution >= 0.6 is 34.8 Å². The molecule has 0 atom stereocenters. The summed E-state index contributed by atoms with van der Waals surface area (Å²) >= 11 is 14.6. The molecule has 2 amide bonds. The van der Waals surface area contributed by atoms with E-state index >= 15 is 0 Å². The minimum Gasteiger partial charge on any atom is -0.444 e. The van der Waals surface area contributed by atoms with Crippen molar-refractivity contribution in [2.45, 2.75) is 79.4 Å². The Hall–Kier alpha value is -1.93. The molecule has 0 saturated carbocycles. The van der Waals surface area contributed by atoms with Gasteiger partial charge < -0.3 is 44.2 Å². The van der Waals surface area contributed by atoms with Gasteiger partial charge in [0.1, 0.15) is 11.2 Å². The predicted octanol–water partition coefficient (Wildman–Crippen LogP) is 5.75. The first-order valence-electron chi connectivity index (χ1n) is 12.3. The number of halogens is 3. The van der Waals surface area contributed by atoms with Gasteiger partial charge in [0.15, 0.2) is 12.1 Å². The first-order valence-corrected chi connectivity index (χ1v) is 13.8. The Morgan fingerprint density at radius 2 is 1.15 bits per heavy atom. The number of ether oxygens (including phenoxy) is 6. The van der Waals surface area contributed by atoms with Gasteiger partial charge in [-0.25, -0.2) is 19.2 Å². The van der Waals surface area contributed by atoms with E-state index in [1.165, 1.54) is 0 Å². The smallest absolute Gasteiger partial charge is 0.444 e. The van der Waals surface area contributed by atoms with Crippen LogP contribution in [0.1, 0.15) is 68.2 Å². The fourth-order valence-electron chi connectivity index (χ4n) is 1.65. The van der Waals surface area contributed by atoms with Gasteiger partial charge in [-0.1, -0.05) is 23.2 Å². The Morgan fingerprint density at radius 1 is 0.725 bits per heavy atom. The van der Waals surface area contributed by atoms with E-state index in [0.29, 0.717) is 25.9 Å². The van der Waals surface area contributed by atoms with Gasteiger partial charge in [0, 0.05) is 44.5 Å². The highest BCUT2D eigenvalue weighted by Gasteiger charge is 2.16. The second kappa shape index (κ2) is 30.0. The zero-order valence-electron chi connectivity index (χ0n) is 24.7. The topological polar surface area (TPSA) is 168 Å². The monoisotopic (exact) mass is 644 g/mol. The maximum absolute atomic E-state index is 11.2. The SMILES string of the molecule is CC(C)(C)OC(=O)NCCCO.CC(C)(C)OC(=O)NCCCOC(=O)OCCl.CCOCC.O=C(Cl)OCCl. The average Bonchev–Trinajstić information content (AvgIpc) is 2.78. The molecule has 3 N–H and O–H groups in total. The summed E-state index contributed by atoms with van der Waals surface area (Å²) in [6.45, 7) is 17.4. The van der Waals surface area contributed by atoms with Gasteiger partial charge in [0.2, 0.25) is 0 Å². The molecule has 16 heteroatoms. The Morgan fingerprint density at radius 3 is 1.43 bits per heavy atom. The van der Waals surface area contributed by atoms with Crippen LogP contribution in [0.2, 0.25) is 0 Å². The molecule has 0 heterocycles. The van der Waals surface area contributed by atoms with Gasteiger partial charge in [0.25, 0.3) is 0 Å². The zero-order chi connectivity index (χ0) is 32.0. The second-order valence-electron chi connectivity index (χ2n) is 8.91. The Kier molecular flexibility index (Phi) is 33.8. The Bertz CT molecular complexity index is 643. The van der Waals surface area contributed by atoms with Crippen LogP contribution in [0.15, 0.2) is 0 Å². The van der Waals surface area contributed by atoms with Crippen molar-refractivity contribution in [3.05, 3.63) is 0 Å². The summed E-state index contributed by atoms with van der Waals surface area (Å²) in [4.78, 5) is 42.3. The predicted molar refractivity (Wildman–Crippen MR) is 153 cm³/mol. The lowest BCUT2D eigenvalue weighted by Crippen LogP contribution is -2.33. The summed E-state index contributed by atoms with van der Waals surface area (Å²) in [5.74, 6) is 0. The van der Waals surface area contributed by atoms with E-state index in [2.05, 4.69) is 36.4 Å². The number of aliphatic hydroxyl groups excluding tert-OH is 1. The quantitative estimate of drug-likeness (QED) is 0.0823. The molecule has 0 aliphatic rings. The fourth-order valence-corrected chi connectivity index (χ4v) is 1.95. The van der Waals surface area contributed by atoms with E-state index in [1.807, 2.05) is 13.8 Å².